The van der Waals surface area contributed by atoms with Gasteiger partial charge in [0.15, 0.2) is 0 Å². The molecule has 0 amide bonds. The molecule has 1 N–H and O–H groups in total. The lowest BCUT2D eigenvalue weighted by molar-refractivity contribution is 0.254. The van der Waals surface area contributed by atoms with Crippen LogP contribution in [0.5, 0.6) is 5.75 Å². The van der Waals surface area contributed by atoms with Crippen LogP contribution < -0.4 is 10.1 Å². The fourth-order valence-electron chi connectivity index (χ4n) is 1.37. The minimum Gasteiger partial charge on any atom is -0.493 e. The molecule has 0 spiro atoms. The molecule has 0 saturated carbocycles. The van der Waals surface area contributed by atoms with Crippen LogP contribution in [0.2, 0.25) is 5.02 Å². The Morgan fingerprint density at radius 1 is 1.44 bits per heavy atom. The van der Waals surface area contributed by atoms with Gasteiger partial charge in [-0.1, -0.05) is 31.9 Å². The summed E-state index contributed by atoms with van der Waals surface area (Å²) in [6.45, 7) is 5.89. The second-order valence-electron chi connectivity index (χ2n) is 4.11. The molecule has 0 fully saturated rings. The molecule has 1 rings (SSSR count). The van der Waals surface area contributed by atoms with E-state index in [9.17, 15) is 0 Å². The van der Waals surface area contributed by atoms with E-state index in [2.05, 4.69) is 19.2 Å². The monoisotopic (exact) mass is 241 g/mol. The van der Waals surface area contributed by atoms with E-state index < -0.39 is 0 Å². The number of hydrogen-bond acceptors (Lipinski definition) is 2. The lowest BCUT2D eigenvalue weighted by Gasteiger charge is -2.14. The molecule has 0 aliphatic heterocycles. The Kier molecular flexibility index (Phi) is 5.64. The quantitative estimate of drug-likeness (QED) is 0.823. The third kappa shape index (κ3) is 4.03. The Morgan fingerprint density at radius 3 is 2.81 bits per heavy atom. The van der Waals surface area contributed by atoms with Crippen LogP contribution in [0.15, 0.2) is 18.2 Å². The van der Waals surface area contributed by atoms with E-state index in [4.69, 9.17) is 16.3 Å². The van der Waals surface area contributed by atoms with E-state index in [-0.39, 0.29) is 0 Å². The van der Waals surface area contributed by atoms with Crippen LogP contribution in [0.4, 0.5) is 0 Å². The summed E-state index contributed by atoms with van der Waals surface area (Å²) >= 11 is 5.96. The Morgan fingerprint density at radius 2 is 2.19 bits per heavy atom. The normalized spacial score (nSPS) is 12.5. The fourth-order valence-corrected chi connectivity index (χ4v) is 1.56. The van der Waals surface area contributed by atoms with Gasteiger partial charge in [0.25, 0.3) is 0 Å². The van der Waals surface area contributed by atoms with E-state index in [1.54, 1.807) is 0 Å². The van der Waals surface area contributed by atoms with Gasteiger partial charge in [-0.05, 0) is 31.2 Å². The zero-order valence-electron chi connectivity index (χ0n) is 10.2. The van der Waals surface area contributed by atoms with Crippen molar-refractivity contribution in [3.8, 4) is 5.75 Å². The largest absolute Gasteiger partial charge is 0.493 e. The van der Waals surface area contributed by atoms with Crippen molar-refractivity contribution in [2.45, 2.75) is 26.8 Å². The van der Waals surface area contributed by atoms with E-state index in [0.717, 1.165) is 35.9 Å². The Labute approximate surface area is 103 Å². The van der Waals surface area contributed by atoms with Gasteiger partial charge in [-0.25, -0.2) is 0 Å². The van der Waals surface area contributed by atoms with Crippen molar-refractivity contribution in [3.05, 3.63) is 28.8 Å². The molecule has 16 heavy (non-hydrogen) atoms. The highest BCUT2D eigenvalue weighted by Gasteiger charge is 2.06. The first kappa shape index (κ1) is 13.3. The molecule has 0 radical (unpaired) electrons. The van der Waals surface area contributed by atoms with Gasteiger partial charge in [0.1, 0.15) is 5.75 Å². The first-order chi connectivity index (χ1) is 7.67. The maximum absolute atomic E-state index is 5.96. The topological polar surface area (TPSA) is 21.3 Å². The van der Waals surface area contributed by atoms with E-state index in [1.165, 1.54) is 0 Å². The van der Waals surface area contributed by atoms with Crippen molar-refractivity contribution in [2.75, 3.05) is 13.7 Å². The molecule has 2 nitrogen and oxygen atoms in total. The molecular formula is C13H20ClNO. The first-order valence-corrected chi connectivity index (χ1v) is 6.11. The highest BCUT2D eigenvalue weighted by atomic mass is 35.5. The zero-order chi connectivity index (χ0) is 12.0. The number of benzene rings is 1. The number of ether oxygens (including phenoxy) is 1. The number of rotatable bonds is 6. The summed E-state index contributed by atoms with van der Waals surface area (Å²) in [5, 5.41) is 3.87. The van der Waals surface area contributed by atoms with Gasteiger partial charge in [0.05, 0.1) is 6.61 Å². The molecule has 0 heterocycles. The lowest BCUT2D eigenvalue weighted by Crippen LogP contribution is -2.11. The van der Waals surface area contributed by atoms with Crippen LogP contribution in [0, 0.1) is 5.92 Å². The van der Waals surface area contributed by atoms with Gasteiger partial charge in [0, 0.05) is 17.1 Å². The molecule has 90 valence electrons. The highest BCUT2D eigenvalue weighted by Crippen LogP contribution is 2.23. The van der Waals surface area contributed by atoms with Gasteiger partial charge < -0.3 is 10.1 Å². The van der Waals surface area contributed by atoms with Gasteiger partial charge in [-0.15, -0.1) is 0 Å². The highest BCUT2D eigenvalue weighted by molar-refractivity contribution is 6.30. The van der Waals surface area contributed by atoms with Crippen LogP contribution in [0.1, 0.15) is 25.8 Å². The summed E-state index contributed by atoms with van der Waals surface area (Å²) in [4.78, 5) is 0. The second-order valence-corrected chi connectivity index (χ2v) is 4.54. The first-order valence-electron chi connectivity index (χ1n) is 5.73. The van der Waals surface area contributed by atoms with Gasteiger partial charge in [0.2, 0.25) is 0 Å². The van der Waals surface area contributed by atoms with Crippen molar-refractivity contribution in [3.63, 3.8) is 0 Å². The molecular weight excluding hydrogens is 222 g/mol. The van der Waals surface area contributed by atoms with Crippen LogP contribution in [0.25, 0.3) is 0 Å². The molecule has 1 aromatic carbocycles. The zero-order valence-corrected chi connectivity index (χ0v) is 11.0. The molecule has 0 aromatic heterocycles. The molecule has 3 heteroatoms. The van der Waals surface area contributed by atoms with E-state index in [1.807, 2.05) is 25.2 Å². The third-order valence-electron chi connectivity index (χ3n) is 2.61. The van der Waals surface area contributed by atoms with Gasteiger partial charge in [-0.2, -0.15) is 0 Å². The third-order valence-corrected chi connectivity index (χ3v) is 2.85. The fraction of sp³-hybridized carbons (Fsp3) is 0.538. The minimum atomic E-state index is 0.582. The SMILES string of the molecule is CCC(C)COc1ccc(Cl)cc1CNC. The second kappa shape index (κ2) is 6.77. The van der Waals surface area contributed by atoms with Crippen molar-refractivity contribution in [1.29, 1.82) is 0 Å². The summed E-state index contributed by atoms with van der Waals surface area (Å²) in [6.07, 6.45) is 1.13. The number of halogens is 1. The Hall–Kier alpha value is -0.730. The van der Waals surface area contributed by atoms with Gasteiger partial charge in [-0.3, -0.25) is 0 Å². The average Bonchev–Trinajstić information content (AvgIpc) is 2.28. The molecule has 0 saturated heterocycles. The summed E-state index contributed by atoms with van der Waals surface area (Å²) in [5.74, 6) is 1.51. The Balaban J connectivity index is 2.70. The van der Waals surface area contributed by atoms with E-state index in [0.29, 0.717) is 5.92 Å². The maximum Gasteiger partial charge on any atom is 0.123 e. The summed E-state index contributed by atoms with van der Waals surface area (Å²) < 4.78 is 5.80. The van der Waals surface area contributed by atoms with Crippen molar-refractivity contribution in [2.24, 2.45) is 5.92 Å². The van der Waals surface area contributed by atoms with Crippen LogP contribution >= 0.6 is 11.6 Å². The van der Waals surface area contributed by atoms with Crippen LogP contribution in [-0.4, -0.2) is 13.7 Å². The smallest absolute Gasteiger partial charge is 0.123 e. The number of hydrogen-bond donors (Lipinski definition) is 1. The predicted octanol–water partition coefficient (Wildman–Crippen LogP) is 3.48. The van der Waals surface area contributed by atoms with Crippen LogP contribution in [-0.2, 0) is 6.54 Å². The molecule has 0 aliphatic carbocycles. The standard InChI is InChI=1S/C13H20ClNO/c1-4-10(2)9-16-13-6-5-12(14)7-11(13)8-15-3/h5-7,10,15H,4,8-9H2,1-3H3. The van der Waals surface area contributed by atoms with Crippen LogP contribution in [0.3, 0.4) is 0 Å². The molecule has 1 aromatic rings. The summed E-state index contributed by atoms with van der Waals surface area (Å²) in [7, 11) is 1.92. The maximum atomic E-state index is 5.96. The van der Waals surface area contributed by atoms with Crippen molar-refractivity contribution >= 4 is 11.6 Å². The summed E-state index contributed by atoms with van der Waals surface area (Å²) in [5.41, 5.74) is 1.11. The van der Waals surface area contributed by atoms with E-state index >= 15 is 0 Å². The lowest BCUT2D eigenvalue weighted by atomic mass is 10.1. The molecule has 1 atom stereocenters. The van der Waals surface area contributed by atoms with Crippen molar-refractivity contribution in [1.82, 2.24) is 5.32 Å². The van der Waals surface area contributed by atoms with Crippen molar-refractivity contribution < 1.29 is 4.74 Å². The number of nitrogens with one attached hydrogen (secondary N) is 1. The molecule has 0 bridgehead atoms. The molecule has 0 aliphatic rings. The predicted molar refractivity (Wildman–Crippen MR) is 69.2 cm³/mol. The minimum absolute atomic E-state index is 0.582. The van der Waals surface area contributed by atoms with Gasteiger partial charge >= 0.3 is 0 Å². The Bertz CT molecular complexity index is 328. The molecule has 1 unspecified atom stereocenters. The summed E-state index contributed by atoms with van der Waals surface area (Å²) in [6, 6.07) is 5.76. The average molecular weight is 242 g/mol.